The van der Waals surface area contributed by atoms with Crippen LogP contribution in [0.2, 0.25) is 0 Å². The van der Waals surface area contributed by atoms with Crippen molar-refractivity contribution >= 4 is 44.1 Å². The quantitative estimate of drug-likeness (QED) is 0.190. The van der Waals surface area contributed by atoms with E-state index in [0.717, 1.165) is 11.8 Å². The highest BCUT2D eigenvalue weighted by Crippen LogP contribution is 2.69. The van der Waals surface area contributed by atoms with Gasteiger partial charge in [0.05, 0.1) is 11.2 Å². The predicted molar refractivity (Wildman–Crippen MR) is 184 cm³/mol. The lowest BCUT2D eigenvalue weighted by Gasteiger charge is -2.61. The maximum Gasteiger partial charge on any atom is 0.495 e. The van der Waals surface area contributed by atoms with E-state index in [-0.39, 0.29) is 23.7 Å². The lowest BCUT2D eigenvalue weighted by atomic mass is 9.43. The summed E-state index contributed by atoms with van der Waals surface area (Å²) in [6.07, 6.45) is 6.97. The van der Waals surface area contributed by atoms with Crippen LogP contribution < -0.4 is 5.46 Å². The molecule has 4 saturated carbocycles. The summed E-state index contributed by atoms with van der Waals surface area (Å²) in [7, 11) is -0.361. The number of hydrogen-bond donors (Lipinski definition) is 0. The lowest BCUT2D eigenvalue weighted by molar-refractivity contribution is -0.0399. The van der Waals surface area contributed by atoms with Crippen molar-refractivity contribution in [2.24, 2.45) is 23.7 Å². The zero-order valence-corrected chi connectivity index (χ0v) is 27.0. The van der Waals surface area contributed by atoms with Crippen LogP contribution in [0.1, 0.15) is 70.9 Å². The minimum atomic E-state index is -0.367. The predicted octanol–water partition coefficient (Wildman–Crippen LogP) is 9.74. The standard InChI is InChI=1S/C40H39BO2S/c1-38(2)39(3,4)43-41(42-38)33-12-8-11-31-37(33)29-16-15-25(28-10-7-14-35-36(28)30-9-5-6-13-34(30)44-35)22-32(29)40(31)26-18-23-17-24(20-26)21-27(40)19-23/h5-16,22-24,26-27H,17-21H2,1-4H3. The molecular weight excluding hydrogens is 555 g/mol. The van der Waals surface area contributed by atoms with Crippen LogP contribution in [0.25, 0.3) is 42.4 Å². The van der Waals surface area contributed by atoms with Crippen LogP contribution in [0.5, 0.6) is 0 Å². The summed E-state index contributed by atoms with van der Waals surface area (Å²) in [5, 5.41) is 2.78. The van der Waals surface area contributed by atoms with Crippen LogP contribution in [-0.4, -0.2) is 18.3 Å². The molecule has 4 heteroatoms. The Labute approximate surface area is 264 Å². The average Bonchev–Trinajstić information content (AvgIpc) is 3.60. The summed E-state index contributed by atoms with van der Waals surface area (Å²) in [5.74, 6) is 3.24. The molecule has 0 amide bonds. The van der Waals surface area contributed by atoms with Gasteiger partial charge in [0.2, 0.25) is 0 Å². The molecule has 220 valence electrons. The molecule has 2 nitrogen and oxygen atoms in total. The number of benzene rings is 4. The van der Waals surface area contributed by atoms with Gasteiger partial charge in [-0.05, 0) is 141 Å². The van der Waals surface area contributed by atoms with Gasteiger partial charge >= 0.3 is 7.12 Å². The number of rotatable bonds is 2. The second-order valence-electron chi connectivity index (χ2n) is 15.6. The molecule has 11 rings (SSSR count). The van der Waals surface area contributed by atoms with Gasteiger partial charge in [0.25, 0.3) is 0 Å². The molecular formula is C40H39BO2S. The molecule has 1 aromatic heterocycles. The first-order chi connectivity index (χ1) is 21.2. The summed E-state index contributed by atoms with van der Waals surface area (Å²) in [5.41, 5.74) is 9.25. The summed E-state index contributed by atoms with van der Waals surface area (Å²) in [6.45, 7) is 8.68. The molecule has 0 unspecified atom stereocenters. The highest BCUT2D eigenvalue weighted by atomic mass is 32.1. The van der Waals surface area contributed by atoms with Gasteiger partial charge in [-0.3, -0.25) is 0 Å². The van der Waals surface area contributed by atoms with Gasteiger partial charge in [0.15, 0.2) is 0 Å². The second-order valence-corrected chi connectivity index (χ2v) is 16.7. The van der Waals surface area contributed by atoms with E-state index in [9.17, 15) is 0 Å². The minimum absolute atomic E-state index is 0.0817. The zero-order chi connectivity index (χ0) is 29.6. The summed E-state index contributed by atoms with van der Waals surface area (Å²) in [6, 6.07) is 30.4. The zero-order valence-electron chi connectivity index (χ0n) is 26.2. The molecule has 2 heterocycles. The van der Waals surface area contributed by atoms with Crippen LogP contribution in [-0.2, 0) is 14.7 Å². The van der Waals surface area contributed by atoms with Crippen LogP contribution in [0.15, 0.2) is 78.9 Å². The summed E-state index contributed by atoms with van der Waals surface area (Å²) in [4.78, 5) is 0. The van der Waals surface area contributed by atoms with Gasteiger partial charge in [0.1, 0.15) is 0 Å². The maximum absolute atomic E-state index is 6.74. The largest absolute Gasteiger partial charge is 0.495 e. The van der Waals surface area contributed by atoms with E-state index in [1.807, 2.05) is 11.3 Å². The highest BCUT2D eigenvalue weighted by Gasteiger charge is 2.62. The number of fused-ring (bicyclic) bond motifs is 6. The van der Waals surface area contributed by atoms with E-state index in [4.69, 9.17) is 9.31 Å². The SMILES string of the molecule is CC1(C)OB(c2cccc3c2-c2ccc(-c4cccc5sc6ccccc6c45)cc2C32C3CC4CC(C3)CC2C4)OC1(C)C. The molecule has 0 atom stereocenters. The average molecular weight is 595 g/mol. The molecule has 0 N–H and O–H groups in total. The molecule has 1 aliphatic heterocycles. The van der Waals surface area contributed by atoms with Crippen molar-refractivity contribution in [3.05, 3.63) is 90.0 Å². The van der Waals surface area contributed by atoms with Gasteiger partial charge in [0, 0.05) is 25.6 Å². The first kappa shape index (κ1) is 26.3. The molecule has 4 bridgehead atoms. The smallest absolute Gasteiger partial charge is 0.399 e. The molecule has 5 fully saturated rings. The van der Waals surface area contributed by atoms with Crippen molar-refractivity contribution in [3.8, 4) is 22.3 Å². The Bertz CT molecular complexity index is 1970. The Morgan fingerprint density at radius 1 is 0.659 bits per heavy atom. The van der Waals surface area contributed by atoms with Crippen LogP contribution in [0, 0.1) is 23.7 Å². The van der Waals surface area contributed by atoms with Crippen molar-refractivity contribution in [2.75, 3.05) is 0 Å². The molecule has 1 spiro atoms. The van der Waals surface area contributed by atoms with Crippen molar-refractivity contribution in [2.45, 2.75) is 76.4 Å². The highest BCUT2D eigenvalue weighted by molar-refractivity contribution is 7.25. The van der Waals surface area contributed by atoms with Crippen LogP contribution >= 0.6 is 11.3 Å². The Morgan fingerprint density at radius 3 is 2.09 bits per heavy atom. The fraction of sp³-hybridized carbons (Fsp3) is 0.400. The molecule has 5 aliphatic carbocycles. The van der Waals surface area contributed by atoms with Crippen molar-refractivity contribution in [3.63, 3.8) is 0 Å². The van der Waals surface area contributed by atoms with E-state index >= 15 is 0 Å². The first-order valence-electron chi connectivity index (χ1n) is 16.8. The Kier molecular flexibility index (Phi) is 5.18. The molecule has 4 aromatic carbocycles. The van der Waals surface area contributed by atoms with Gasteiger partial charge in [-0.2, -0.15) is 0 Å². The third-order valence-corrected chi connectivity index (χ3v) is 14.1. The Morgan fingerprint density at radius 2 is 1.34 bits per heavy atom. The van der Waals surface area contributed by atoms with Gasteiger partial charge in [-0.1, -0.05) is 60.7 Å². The molecule has 5 aromatic rings. The summed E-state index contributed by atoms with van der Waals surface area (Å²) < 4.78 is 16.2. The van der Waals surface area contributed by atoms with Crippen molar-refractivity contribution in [1.29, 1.82) is 0 Å². The monoisotopic (exact) mass is 594 g/mol. The van der Waals surface area contributed by atoms with E-state index in [1.165, 1.54) is 80.0 Å². The molecule has 44 heavy (non-hydrogen) atoms. The van der Waals surface area contributed by atoms with E-state index < -0.39 is 0 Å². The first-order valence-corrected chi connectivity index (χ1v) is 17.6. The van der Waals surface area contributed by atoms with E-state index in [1.54, 1.807) is 11.1 Å². The maximum atomic E-state index is 6.74. The number of hydrogen-bond acceptors (Lipinski definition) is 3. The second kappa shape index (κ2) is 8.66. The molecule has 6 aliphatic rings. The molecule has 1 saturated heterocycles. The Balaban J connectivity index is 1.22. The third-order valence-electron chi connectivity index (χ3n) is 12.9. The summed E-state index contributed by atoms with van der Waals surface area (Å²) >= 11 is 1.91. The lowest BCUT2D eigenvalue weighted by Crippen LogP contribution is -2.55. The van der Waals surface area contributed by atoms with Crippen LogP contribution in [0.3, 0.4) is 0 Å². The van der Waals surface area contributed by atoms with Crippen molar-refractivity contribution in [1.82, 2.24) is 0 Å². The normalized spacial score (nSPS) is 30.5. The fourth-order valence-electron chi connectivity index (χ4n) is 10.6. The van der Waals surface area contributed by atoms with E-state index in [2.05, 4.69) is 107 Å². The third kappa shape index (κ3) is 3.25. The van der Waals surface area contributed by atoms with Gasteiger partial charge in [-0.15, -0.1) is 11.3 Å². The Hall–Kier alpha value is -2.92. The minimum Gasteiger partial charge on any atom is -0.399 e. The fourth-order valence-corrected chi connectivity index (χ4v) is 11.8. The van der Waals surface area contributed by atoms with Crippen molar-refractivity contribution < 1.29 is 9.31 Å². The van der Waals surface area contributed by atoms with Gasteiger partial charge < -0.3 is 9.31 Å². The number of thiophene rings is 1. The van der Waals surface area contributed by atoms with Crippen LogP contribution in [0.4, 0.5) is 0 Å². The van der Waals surface area contributed by atoms with Gasteiger partial charge in [-0.25, -0.2) is 0 Å². The van der Waals surface area contributed by atoms with E-state index in [0.29, 0.717) is 11.8 Å². The molecule has 0 radical (unpaired) electrons. The topological polar surface area (TPSA) is 18.5 Å².